The van der Waals surface area contributed by atoms with Gasteiger partial charge >= 0.3 is 0 Å². The molecule has 0 radical (unpaired) electrons. The molecule has 1 aromatic carbocycles. The van der Waals surface area contributed by atoms with E-state index < -0.39 is 0 Å². The van der Waals surface area contributed by atoms with Crippen molar-refractivity contribution >= 4 is 11.9 Å². The number of rotatable bonds is 5. The number of hydrogen-bond donors (Lipinski definition) is 1. The molecule has 1 aliphatic rings. The lowest BCUT2D eigenvalue weighted by Gasteiger charge is -2.32. The van der Waals surface area contributed by atoms with E-state index in [2.05, 4.69) is 51.9 Å². The number of hydrogen-bond acceptors (Lipinski definition) is 7. The fourth-order valence-corrected chi connectivity index (χ4v) is 3.09. The molecule has 0 unspecified atom stereocenters. The summed E-state index contributed by atoms with van der Waals surface area (Å²) in [5.41, 5.74) is 8.23. The van der Waals surface area contributed by atoms with Gasteiger partial charge in [0.1, 0.15) is 17.7 Å². The summed E-state index contributed by atoms with van der Waals surface area (Å²) >= 11 is 0. The molecule has 1 saturated heterocycles. The summed E-state index contributed by atoms with van der Waals surface area (Å²) in [7, 11) is 3.79. The molecule has 2 aromatic rings. The van der Waals surface area contributed by atoms with Gasteiger partial charge in [0.05, 0.1) is 6.54 Å². The predicted octanol–water partition coefficient (Wildman–Crippen LogP) is 2.18. The average Bonchev–Trinajstić information content (AvgIpc) is 2.59. The second-order valence-corrected chi connectivity index (χ2v) is 7.17. The molecule has 3 rings (SSSR count). The van der Waals surface area contributed by atoms with Crippen molar-refractivity contribution < 1.29 is 4.74 Å². The molecule has 2 heterocycles. The Balaban J connectivity index is 1.56. The molecule has 0 atom stereocenters. The molecule has 7 heteroatoms. The van der Waals surface area contributed by atoms with Gasteiger partial charge in [-0.3, -0.25) is 4.90 Å². The van der Waals surface area contributed by atoms with Crippen LogP contribution in [0.2, 0.25) is 0 Å². The van der Waals surface area contributed by atoms with Crippen molar-refractivity contribution in [1.82, 2.24) is 19.9 Å². The third kappa shape index (κ3) is 4.60. The van der Waals surface area contributed by atoms with E-state index in [4.69, 9.17) is 10.5 Å². The number of aryl methyl sites for hydroxylation is 2. The molecule has 0 bridgehead atoms. The van der Waals surface area contributed by atoms with Gasteiger partial charge < -0.3 is 15.4 Å². The Morgan fingerprint density at radius 2 is 1.88 bits per heavy atom. The summed E-state index contributed by atoms with van der Waals surface area (Å²) in [5.74, 6) is 2.59. The molecule has 26 heavy (non-hydrogen) atoms. The van der Waals surface area contributed by atoms with Crippen LogP contribution < -0.4 is 15.4 Å². The lowest BCUT2D eigenvalue weighted by Crippen LogP contribution is -2.38. The van der Waals surface area contributed by atoms with Crippen LogP contribution in [0.4, 0.5) is 11.9 Å². The van der Waals surface area contributed by atoms with E-state index in [0.29, 0.717) is 12.5 Å². The number of benzene rings is 1. The Labute approximate surface area is 155 Å². The molecule has 0 spiro atoms. The van der Waals surface area contributed by atoms with Gasteiger partial charge in [-0.2, -0.15) is 15.0 Å². The minimum atomic E-state index is 0.257. The number of anilines is 2. The van der Waals surface area contributed by atoms with Crippen molar-refractivity contribution in [3.8, 4) is 5.75 Å². The number of aromatic nitrogens is 3. The van der Waals surface area contributed by atoms with Crippen LogP contribution in [0, 0.1) is 13.8 Å². The lowest BCUT2D eigenvalue weighted by molar-refractivity contribution is 0.0948. The molecule has 1 fully saturated rings. The van der Waals surface area contributed by atoms with E-state index in [1.807, 2.05) is 19.0 Å². The summed E-state index contributed by atoms with van der Waals surface area (Å²) < 4.78 is 6.24. The van der Waals surface area contributed by atoms with Crippen molar-refractivity contribution in [1.29, 1.82) is 0 Å². The SMILES string of the molecule is Cc1ccc(C)c(OC2CCN(Cc3nc(N)nc(N(C)C)n3)CC2)c1. The first kappa shape index (κ1) is 18.4. The molecule has 1 aromatic heterocycles. The minimum Gasteiger partial charge on any atom is -0.490 e. The van der Waals surface area contributed by atoms with E-state index in [1.54, 1.807) is 0 Å². The van der Waals surface area contributed by atoms with Crippen LogP contribution in [-0.4, -0.2) is 53.1 Å². The van der Waals surface area contributed by atoms with Crippen LogP contribution in [0.15, 0.2) is 18.2 Å². The fourth-order valence-electron chi connectivity index (χ4n) is 3.09. The van der Waals surface area contributed by atoms with Gasteiger partial charge in [-0.15, -0.1) is 0 Å². The fraction of sp³-hybridized carbons (Fsp3) is 0.526. The number of ether oxygens (including phenoxy) is 1. The van der Waals surface area contributed by atoms with Crippen LogP contribution in [0.25, 0.3) is 0 Å². The molecular weight excluding hydrogens is 328 g/mol. The van der Waals surface area contributed by atoms with E-state index in [1.165, 1.54) is 11.1 Å². The van der Waals surface area contributed by atoms with Crippen LogP contribution in [0.5, 0.6) is 5.75 Å². The summed E-state index contributed by atoms with van der Waals surface area (Å²) in [6, 6.07) is 6.36. The second-order valence-electron chi connectivity index (χ2n) is 7.17. The third-order valence-electron chi connectivity index (χ3n) is 4.62. The van der Waals surface area contributed by atoms with Crippen molar-refractivity contribution in [2.45, 2.75) is 39.3 Å². The summed E-state index contributed by atoms with van der Waals surface area (Å²) in [6.45, 7) is 6.79. The normalized spacial score (nSPS) is 15.8. The lowest BCUT2D eigenvalue weighted by atomic mass is 10.1. The van der Waals surface area contributed by atoms with Gasteiger partial charge in [-0.05, 0) is 43.9 Å². The second kappa shape index (κ2) is 7.86. The minimum absolute atomic E-state index is 0.257. The Morgan fingerprint density at radius 1 is 1.15 bits per heavy atom. The van der Waals surface area contributed by atoms with Crippen molar-refractivity contribution in [2.24, 2.45) is 0 Å². The van der Waals surface area contributed by atoms with E-state index in [-0.39, 0.29) is 12.1 Å². The number of likely N-dealkylation sites (tertiary alicyclic amines) is 1. The van der Waals surface area contributed by atoms with Gasteiger partial charge in [-0.1, -0.05) is 12.1 Å². The van der Waals surface area contributed by atoms with Gasteiger partial charge in [-0.25, -0.2) is 0 Å². The molecule has 7 nitrogen and oxygen atoms in total. The highest BCUT2D eigenvalue weighted by Gasteiger charge is 2.22. The highest BCUT2D eigenvalue weighted by Crippen LogP contribution is 2.24. The standard InChI is InChI=1S/C19H28N6O/c1-13-5-6-14(2)16(11-13)26-15-7-9-25(10-8-15)12-17-21-18(20)23-19(22-17)24(3)4/h5-6,11,15H,7-10,12H2,1-4H3,(H2,20,21,22,23). The molecule has 0 amide bonds. The Kier molecular flexibility index (Phi) is 5.56. The summed E-state index contributed by atoms with van der Waals surface area (Å²) in [4.78, 5) is 17.1. The molecular formula is C19H28N6O. The summed E-state index contributed by atoms with van der Waals surface area (Å²) in [6.07, 6.45) is 2.25. The van der Waals surface area contributed by atoms with Gasteiger partial charge in [0.15, 0.2) is 0 Å². The third-order valence-corrected chi connectivity index (χ3v) is 4.62. The van der Waals surface area contributed by atoms with Gasteiger partial charge in [0, 0.05) is 27.2 Å². The van der Waals surface area contributed by atoms with Crippen LogP contribution >= 0.6 is 0 Å². The highest BCUT2D eigenvalue weighted by molar-refractivity contribution is 5.36. The first-order valence-corrected chi connectivity index (χ1v) is 9.04. The van der Waals surface area contributed by atoms with Crippen molar-refractivity contribution in [2.75, 3.05) is 37.8 Å². The number of piperidine rings is 1. The van der Waals surface area contributed by atoms with Crippen LogP contribution in [0.1, 0.15) is 29.8 Å². The summed E-state index contributed by atoms with van der Waals surface area (Å²) in [5, 5.41) is 0. The van der Waals surface area contributed by atoms with Crippen molar-refractivity contribution in [3.63, 3.8) is 0 Å². The van der Waals surface area contributed by atoms with Crippen molar-refractivity contribution in [3.05, 3.63) is 35.2 Å². The maximum atomic E-state index is 6.24. The van der Waals surface area contributed by atoms with E-state index in [0.717, 1.165) is 37.5 Å². The molecule has 2 N–H and O–H groups in total. The van der Waals surface area contributed by atoms with Crippen LogP contribution in [-0.2, 0) is 6.54 Å². The smallest absolute Gasteiger partial charge is 0.229 e. The zero-order valence-electron chi connectivity index (χ0n) is 16.1. The Hall–Kier alpha value is -2.41. The van der Waals surface area contributed by atoms with E-state index >= 15 is 0 Å². The Morgan fingerprint density at radius 3 is 2.58 bits per heavy atom. The van der Waals surface area contributed by atoms with Gasteiger partial charge in [0.2, 0.25) is 11.9 Å². The molecule has 0 aliphatic carbocycles. The zero-order chi connectivity index (χ0) is 18.7. The quantitative estimate of drug-likeness (QED) is 0.879. The number of nitrogens with two attached hydrogens (primary N) is 1. The maximum absolute atomic E-state index is 6.24. The highest BCUT2D eigenvalue weighted by atomic mass is 16.5. The zero-order valence-corrected chi connectivity index (χ0v) is 16.1. The topological polar surface area (TPSA) is 80.4 Å². The molecule has 1 aliphatic heterocycles. The van der Waals surface area contributed by atoms with Crippen LogP contribution in [0.3, 0.4) is 0 Å². The predicted molar refractivity (Wildman–Crippen MR) is 103 cm³/mol. The molecule has 140 valence electrons. The van der Waals surface area contributed by atoms with Gasteiger partial charge in [0.25, 0.3) is 0 Å². The monoisotopic (exact) mass is 356 g/mol. The first-order chi connectivity index (χ1) is 12.4. The number of nitrogens with zero attached hydrogens (tertiary/aromatic N) is 5. The maximum Gasteiger partial charge on any atom is 0.229 e. The Bertz CT molecular complexity index is 756. The largest absolute Gasteiger partial charge is 0.490 e. The molecule has 0 saturated carbocycles. The number of nitrogen functional groups attached to an aromatic ring is 1. The average molecular weight is 356 g/mol. The van der Waals surface area contributed by atoms with E-state index in [9.17, 15) is 0 Å². The first-order valence-electron chi connectivity index (χ1n) is 9.04.